The minimum atomic E-state index is -4.20. The molecule has 0 N–H and O–H groups in total. The van der Waals surface area contributed by atoms with Crippen LogP contribution >= 0.6 is 0 Å². The van der Waals surface area contributed by atoms with Crippen LogP contribution in [0, 0.1) is 16.7 Å². The third-order valence-corrected chi connectivity index (χ3v) is 6.98. The van der Waals surface area contributed by atoms with E-state index in [9.17, 15) is 22.8 Å². The lowest BCUT2D eigenvalue weighted by atomic mass is 9.70. The second-order valence-corrected chi connectivity index (χ2v) is 8.58. The lowest BCUT2D eigenvalue weighted by molar-refractivity contribution is -0.163. The summed E-state index contributed by atoms with van der Waals surface area (Å²) in [6, 6.07) is 0. The lowest BCUT2D eigenvalue weighted by Gasteiger charge is -2.35. The number of carbonyl (C=O) groups excluding carboxylic acids is 3. The smallest absolute Gasteiger partial charge is 0.289 e. The van der Waals surface area contributed by atoms with E-state index in [2.05, 4.69) is 0 Å². The molecule has 0 aromatic rings. The van der Waals surface area contributed by atoms with Crippen molar-refractivity contribution in [1.29, 1.82) is 0 Å². The maximum absolute atomic E-state index is 12.3. The molecule has 3 rings (SSSR count). The quantitative estimate of drug-likeness (QED) is 0.707. The molecule has 0 unspecified atom stereocenters. The van der Waals surface area contributed by atoms with E-state index >= 15 is 0 Å². The fourth-order valence-corrected chi connectivity index (χ4v) is 5.92. The molecule has 2 bridgehead atoms. The van der Waals surface area contributed by atoms with Gasteiger partial charge in [-0.05, 0) is 24.2 Å². The summed E-state index contributed by atoms with van der Waals surface area (Å²) in [6.07, 6.45) is 1.62. The molecular weight excluding hydrogens is 310 g/mol. The standard InChI is InChI=1S/C14H19NO6S/c1-13(2)9-5-6-14(13,10(16)7-9)8-22(19,20)21-15-11(17)3-4-12(15)18/h9H,3-8H2,1-2H3/t9-,14-/m0/s1. The Hall–Kier alpha value is -1.28. The van der Waals surface area contributed by atoms with Gasteiger partial charge in [0.05, 0.1) is 11.2 Å². The van der Waals surface area contributed by atoms with Crippen LogP contribution in [0.15, 0.2) is 0 Å². The zero-order chi connectivity index (χ0) is 16.3. The Bertz CT molecular complexity index is 651. The van der Waals surface area contributed by atoms with Gasteiger partial charge in [-0.3, -0.25) is 14.4 Å². The fraction of sp³-hybridized carbons (Fsp3) is 0.786. The molecule has 0 spiro atoms. The molecule has 122 valence electrons. The number of imide groups is 1. The summed E-state index contributed by atoms with van der Waals surface area (Å²) >= 11 is 0. The summed E-state index contributed by atoms with van der Waals surface area (Å²) in [5, 5.41) is 0.324. The van der Waals surface area contributed by atoms with Crippen molar-refractivity contribution in [3.8, 4) is 0 Å². The van der Waals surface area contributed by atoms with Crippen molar-refractivity contribution in [2.24, 2.45) is 16.7 Å². The van der Waals surface area contributed by atoms with Crippen LogP contribution in [0.2, 0.25) is 0 Å². The summed E-state index contributed by atoms with van der Waals surface area (Å²) in [7, 11) is -4.20. The number of Topliss-reactive ketones (excluding diaryl/α,β-unsaturated/α-hetero) is 1. The van der Waals surface area contributed by atoms with E-state index in [0.717, 1.165) is 6.42 Å². The van der Waals surface area contributed by atoms with Gasteiger partial charge in [0.1, 0.15) is 5.78 Å². The van der Waals surface area contributed by atoms with Crippen LogP contribution in [0.25, 0.3) is 0 Å². The topological polar surface area (TPSA) is 97.8 Å². The van der Waals surface area contributed by atoms with E-state index < -0.39 is 38.5 Å². The third-order valence-electron chi connectivity index (χ3n) is 5.76. The van der Waals surface area contributed by atoms with Crippen molar-refractivity contribution in [3.63, 3.8) is 0 Å². The first-order valence-electron chi connectivity index (χ1n) is 7.40. The average molecular weight is 329 g/mol. The minimum Gasteiger partial charge on any atom is -0.299 e. The largest absolute Gasteiger partial charge is 0.299 e. The predicted molar refractivity (Wildman–Crippen MR) is 74.5 cm³/mol. The first-order chi connectivity index (χ1) is 10.1. The average Bonchev–Trinajstić information content (AvgIpc) is 2.89. The van der Waals surface area contributed by atoms with Crippen molar-refractivity contribution in [3.05, 3.63) is 0 Å². The number of amides is 2. The highest BCUT2D eigenvalue weighted by Gasteiger charge is 2.65. The molecule has 1 heterocycles. The van der Waals surface area contributed by atoms with Gasteiger partial charge < -0.3 is 0 Å². The summed E-state index contributed by atoms with van der Waals surface area (Å²) < 4.78 is 29.4. The Morgan fingerprint density at radius 3 is 2.23 bits per heavy atom. The van der Waals surface area contributed by atoms with Crippen LogP contribution in [0.1, 0.15) is 46.0 Å². The van der Waals surface area contributed by atoms with Gasteiger partial charge in [-0.15, -0.1) is 9.35 Å². The second-order valence-electron chi connectivity index (χ2n) is 7.03. The predicted octanol–water partition coefficient (Wildman–Crippen LogP) is 0.792. The number of rotatable bonds is 4. The van der Waals surface area contributed by atoms with Crippen molar-refractivity contribution in [1.82, 2.24) is 5.06 Å². The van der Waals surface area contributed by atoms with Crippen LogP contribution in [-0.2, 0) is 28.8 Å². The highest BCUT2D eigenvalue weighted by atomic mass is 32.2. The number of nitrogens with zero attached hydrogens (tertiary/aromatic N) is 1. The first kappa shape index (κ1) is 15.6. The van der Waals surface area contributed by atoms with Gasteiger partial charge in [-0.25, -0.2) is 0 Å². The molecule has 0 radical (unpaired) electrons. The molecule has 2 aliphatic carbocycles. The Kier molecular flexibility index (Phi) is 3.27. The number of hydroxylamine groups is 2. The van der Waals surface area contributed by atoms with Gasteiger partial charge in [-0.2, -0.15) is 8.42 Å². The zero-order valence-electron chi connectivity index (χ0n) is 12.6. The third kappa shape index (κ3) is 2.04. The number of fused-ring (bicyclic) bond motifs is 2. The van der Waals surface area contributed by atoms with Crippen molar-refractivity contribution >= 4 is 27.7 Å². The van der Waals surface area contributed by atoms with E-state index in [4.69, 9.17) is 4.28 Å². The summed E-state index contributed by atoms with van der Waals surface area (Å²) in [6.45, 7) is 3.83. The normalized spacial score (nSPS) is 34.0. The van der Waals surface area contributed by atoms with Gasteiger partial charge in [0.2, 0.25) is 0 Å². The van der Waals surface area contributed by atoms with Crippen LogP contribution in [-0.4, -0.2) is 36.8 Å². The molecule has 8 heteroatoms. The van der Waals surface area contributed by atoms with Crippen LogP contribution in [0.3, 0.4) is 0 Å². The van der Waals surface area contributed by atoms with E-state index in [1.807, 2.05) is 13.8 Å². The van der Waals surface area contributed by atoms with E-state index in [1.165, 1.54) is 0 Å². The molecule has 1 aliphatic heterocycles. The first-order valence-corrected chi connectivity index (χ1v) is 8.98. The van der Waals surface area contributed by atoms with Crippen LogP contribution < -0.4 is 0 Å². The molecule has 0 aromatic heterocycles. The maximum Gasteiger partial charge on any atom is 0.289 e. The molecular formula is C14H19NO6S. The summed E-state index contributed by atoms with van der Waals surface area (Å²) in [4.78, 5) is 35.3. The fourth-order valence-electron chi connectivity index (χ4n) is 4.19. The van der Waals surface area contributed by atoms with Gasteiger partial charge in [0.15, 0.2) is 0 Å². The molecule has 1 saturated heterocycles. The number of hydrogen-bond acceptors (Lipinski definition) is 6. The van der Waals surface area contributed by atoms with E-state index in [0.29, 0.717) is 17.9 Å². The van der Waals surface area contributed by atoms with Gasteiger partial charge >= 0.3 is 0 Å². The molecule has 2 amide bonds. The number of carbonyl (C=O) groups is 3. The van der Waals surface area contributed by atoms with Gasteiger partial charge in [0, 0.05) is 19.3 Å². The Balaban J connectivity index is 1.84. The van der Waals surface area contributed by atoms with Gasteiger partial charge in [-0.1, -0.05) is 13.8 Å². The van der Waals surface area contributed by atoms with Crippen LogP contribution in [0.5, 0.6) is 0 Å². The maximum atomic E-state index is 12.3. The summed E-state index contributed by atoms with van der Waals surface area (Å²) in [5.74, 6) is -1.66. The SMILES string of the molecule is CC1(C)[C@H]2CC[C@]1(CS(=O)(=O)ON1C(=O)CCC1=O)C(=O)C2. The summed E-state index contributed by atoms with van der Waals surface area (Å²) in [5.41, 5.74) is -1.39. The molecule has 2 saturated carbocycles. The molecule has 3 aliphatic rings. The van der Waals surface area contributed by atoms with Crippen molar-refractivity contribution in [2.45, 2.75) is 46.0 Å². The van der Waals surface area contributed by atoms with Gasteiger partial charge in [0.25, 0.3) is 21.9 Å². The Morgan fingerprint density at radius 1 is 1.18 bits per heavy atom. The van der Waals surface area contributed by atoms with Crippen LogP contribution in [0.4, 0.5) is 0 Å². The number of hydrogen-bond donors (Lipinski definition) is 0. The molecule has 7 nitrogen and oxygen atoms in total. The monoisotopic (exact) mass is 329 g/mol. The van der Waals surface area contributed by atoms with E-state index in [-0.39, 0.29) is 24.5 Å². The lowest BCUT2D eigenvalue weighted by Crippen LogP contribution is -2.44. The highest BCUT2D eigenvalue weighted by molar-refractivity contribution is 7.86. The highest BCUT2D eigenvalue weighted by Crippen LogP contribution is 2.64. The second kappa shape index (κ2) is 4.61. The number of ketones is 1. The van der Waals surface area contributed by atoms with Crippen molar-refractivity contribution in [2.75, 3.05) is 5.75 Å². The Morgan fingerprint density at radius 2 is 1.77 bits per heavy atom. The Labute approximate surface area is 129 Å². The molecule has 22 heavy (non-hydrogen) atoms. The minimum absolute atomic E-state index is 0.0496. The van der Waals surface area contributed by atoms with Crippen molar-refractivity contribution < 1.29 is 27.1 Å². The molecule has 3 fully saturated rings. The molecule has 0 aromatic carbocycles. The zero-order valence-corrected chi connectivity index (χ0v) is 13.4. The van der Waals surface area contributed by atoms with E-state index in [1.54, 1.807) is 0 Å². The molecule has 2 atom stereocenters.